The summed E-state index contributed by atoms with van der Waals surface area (Å²) in [5, 5.41) is 8.85. The third-order valence-electron chi connectivity index (χ3n) is 6.26. The highest BCUT2D eigenvalue weighted by Gasteiger charge is 2.34. The SMILES string of the molecule is C#CCN1CCCC[C@H]1C(=O)N1CCC(n2nnc3c2CCCC3)CC1. The molecule has 6 nitrogen and oxygen atoms in total. The first-order chi connectivity index (χ1) is 12.8. The number of fused-ring (bicyclic) bond motifs is 1. The summed E-state index contributed by atoms with van der Waals surface area (Å²) in [5.74, 6) is 2.99. The molecule has 0 spiro atoms. The molecule has 0 N–H and O–H groups in total. The van der Waals surface area contributed by atoms with E-state index in [1.54, 1.807) is 0 Å². The monoisotopic (exact) mass is 355 g/mol. The van der Waals surface area contributed by atoms with Gasteiger partial charge in [-0.15, -0.1) is 11.5 Å². The highest BCUT2D eigenvalue weighted by molar-refractivity contribution is 5.82. The molecule has 1 aromatic rings. The van der Waals surface area contributed by atoms with Gasteiger partial charge in [0.2, 0.25) is 5.91 Å². The number of nitrogens with zero attached hydrogens (tertiary/aromatic N) is 5. The van der Waals surface area contributed by atoms with E-state index in [0.29, 0.717) is 12.6 Å². The van der Waals surface area contributed by atoms with E-state index in [4.69, 9.17) is 6.42 Å². The summed E-state index contributed by atoms with van der Waals surface area (Å²) < 4.78 is 2.17. The number of amides is 1. The predicted octanol–water partition coefficient (Wildman–Crippen LogP) is 1.81. The lowest BCUT2D eigenvalue weighted by molar-refractivity contribution is -0.139. The smallest absolute Gasteiger partial charge is 0.239 e. The number of hydrogen-bond acceptors (Lipinski definition) is 4. The van der Waals surface area contributed by atoms with Crippen LogP contribution in [0.3, 0.4) is 0 Å². The average molecular weight is 355 g/mol. The maximum atomic E-state index is 13.0. The van der Waals surface area contributed by atoms with Gasteiger partial charge in [-0.05, 0) is 57.9 Å². The quantitative estimate of drug-likeness (QED) is 0.776. The Bertz CT molecular complexity index is 683. The third kappa shape index (κ3) is 3.37. The normalized spacial score (nSPS) is 24.9. The summed E-state index contributed by atoms with van der Waals surface area (Å²) in [6.07, 6.45) is 15.3. The molecular weight excluding hydrogens is 326 g/mol. The Morgan fingerprint density at radius 2 is 1.88 bits per heavy atom. The molecule has 1 atom stereocenters. The average Bonchev–Trinajstić information content (AvgIpc) is 3.12. The fourth-order valence-electron chi connectivity index (χ4n) is 4.80. The van der Waals surface area contributed by atoms with Gasteiger partial charge in [0.15, 0.2) is 0 Å². The Balaban J connectivity index is 1.38. The number of aromatic nitrogens is 3. The number of aryl methyl sites for hydroxylation is 1. The van der Waals surface area contributed by atoms with Gasteiger partial charge in [0.05, 0.1) is 30.0 Å². The Kier molecular flexibility index (Phi) is 5.26. The molecule has 6 heteroatoms. The van der Waals surface area contributed by atoms with Crippen molar-refractivity contribution in [1.82, 2.24) is 24.8 Å². The second-order valence-corrected chi connectivity index (χ2v) is 7.88. The van der Waals surface area contributed by atoms with Crippen LogP contribution in [-0.4, -0.2) is 62.9 Å². The summed E-state index contributed by atoms with van der Waals surface area (Å²) in [4.78, 5) is 17.3. The molecule has 0 radical (unpaired) electrons. The van der Waals surface area contributed by atoms with E-state index >= 15 is 0 Å². The lowest BCUT2D eigenvalue weighted by Crippen LogP contribution is -2.52. The van der Waals surface area contributed by atoms with Crippen LogP contribution in [0.4, 0.5) is 0 Å². The summed E-state index contributed by atoms with van der Waals surface area (Å²) >= 11 is 0. The molecule has 1 aliphatic carbocycles. The van der Waals surface area contributed by atoms with E-state index in [2.05, 4.69) is 30.7 Å². The van der Waals surface area contributed by atoms with Crippen LogP contribution in [0.5, 0.6) is 0 Å². The van der Waals surface area contributed by atoms with E-state index in [-0.39, 0.29) is 11.9 Å². The fraction of sp³-hybridized carbons (Fsp3) is 0.750. The van der Waals surface area contributed by atoms with Gasteiger partial charge >= 0.3 is 0 Å². The number of piperidine rings is 2. The van der Waals surface area contributed by atoms with Gasteiger partial charge in [0, 0.05) is 13.1 Å². The van der Waals surface area contributed by atoms with E-state index in [1.807, 2.05) is 0 Å². The lowest BCUT2D eigenvalue weighted by atomic mass is 9.97. The summed E-state index contributed by atoms with van der Waals surface area (Å²) in [5.41, 5.74) is 2.54. The van der Waals surface area contributed by atoms with Gasteiger partial charge in [-0.1, -0.05) is 17.6 Å². The first-order valence-corrected chi connectivity index (χ1v) is 10.2. The van der Waals surface area contributed by atoms with Crippen molar-refractivity contribution in [2.75, 3.05) is 26.2 Å². The fourth-order valence-corrected chi connectivity index (χ4v) is 4.80. The van der Waals surface area contributed by atoms with Crippen molar-refractivity contribution < 1.29 is 4.79 Å². The van der Waals surface area contributed by atoms with Gasteiger partial charge in [-0.3, -0.25) is 9.69 Å². The topological polar surface area (TPSA) is 54.3 Å². The summed E-state index contributed by atoms with van der Waals surface area (Å²) in [6, 6.07) is 0.372. The number of rotatable bonds is 3. The molecule has 2 fully saturated rings. The van der Waals surface area contributed by atoms with E-state index in [1.165, 1.54) is 24.2 Å². The van der Waals surface area contributed by atoms with Crippen LogP contribution in [0, 0.1) is 12.3 Å². The Morgan fingerprint density at radius 3 is 2.69 bits per heavy atom. The zero-order chi connectivity index (χ0) is 17.9. The number of carbonyl (C=O) groups is 1. The van der Waals surface area contributed by atoms with Crippen molar-refractivity contribution in [2.24, 2.45) is 0 Å². The molecule has 4 rings (SSSR count). The molecule has 2 aliphatic heterocycles. The molecule has 0 unspecified atom stereocenters. The molecule has 0 bridgehead atoms. The molecule has 140 valence electrons. The lowest BCUT2D eigenvalue weighted by Gasteiger charge is -2.39. The second-order valence-electron chi connectivity index (χ2n) is 7.88. The van der Waals surface area contributed by atoms with Crippen molar-refractivity contribution >= 4 is 5.91 Å². The minimum atomic E-state index is -0.0181. The Labute approximate surface area is 155 Å². The number of hydrogen-bond donors (Lipinski definition) is 0. The first-order valence-electron chi connectivity index (χ1n) is 10.2. The maximum Gasteiger partial charge on any atom is 0.239 e. The molecule has 2 saturated heterocycles. The summed E-state index contributed by atoms with van der Waals surface area (Å²) in [7, 11) is 0. The van der Waals surface area contributed by atoms with Crippen LogP contribution in [0.1, 0.15) is 62.4 Å². The summed E-state index contributed by atoms with van der Waals surface area (Å²) in [6.45, 7) is 3.16. The Hall–Kier alpha value is -1.87. The highest BCUT2D eigenvalue weighted by atomic mass is 16.2. The minimum Gasteiger partial charge on any atom is -0.341 e. The molecular formula is C20H29N5O. The zero-order valence-electron chi connectivity index (χ0n) is 15.6. The van der Waals surface area contributed by atoms with Crippen LogP contribution in [0.2, 0.25) is 0 Å². The van der Waals surface area contributed by atoms with Crippen LogP contribution >= 0.6 is 0 Å². The van der Waals surface area contributed by atoms with E-state index in [9.17, 15) is 4.79 Å². The van der Waals surface area contributed by atoms with Crippen molar-refractivity contribution in [2.45, 2.75) is 69.9 Å². The standard InChI is InChI=1S/C20H29N5O/c1-2-12-23-13-6-5-9-19(23)20(26)24-14-10-16(11-15-24)25-18-8-4-3-7-17(18)21-22-25/h1,16,19H,3-15H2/t19-/m0/s1. The third-order valence-corrected chi connectivity index (χ3v) is 6.26. The molecule has 3 aliphatic rings. The molecule has 3 heterocycles. The highest BCUT2D eigenvalue weighted by Crippen LogP contribution is 2.28. The second kappa shape index (κ2) is 7.79. The van der Waals surface area contributed by atoms with Gasteiger partial charge in [-0.25, -0.2) is 4.68 Å². The largest absolute Gasteiger partial charge is 0.341 e. The van der Waals surface area contributed by atoms with Crippen LogP contribution in [-0.2, 0) is 17.6 Å². The van der Waals surface area contributed by atoms with Crippen LogP contribution < -0.4 is 0 Å². The van der Waals surface area contributed by atoms with Gasteiger partial charge < -0.3 is 4.90 Å². The zero-order valence-corrected chi connectivity index (χ0v) is 15.6. The number of likely N-dealkylation sites (tertiary alicyclic amines) is 2. The minimum absolute atomic E-state index is 0.0181. The van der Waals surface area contributed by atoms with Gasteiger partial charge in [-0.2, -0.15) is 0 Å². The Morgan fingerprint density at radius 1 is 1.08 bits per heavy atom. The van der Waals surface area contributed by atoms with E-state index in [0.717, 1.165) is 64.6 Å². The van der Waals surface area contributed by atoms with Crippen molar-refractivity contribution in [1.29, 1.82) is 0 Å². The number of terminal acetylenes is 1. The van der Waals surface area contributed by atoms with Crippen LogP contribution in [0.25, 0.3) is 0 Å². The molecule has 1 aromatic heterocycles. The molecule has 26 heavy (non-hydrogen) atoms. The van der Waals surface area contributed by atoms with Crippen molar-refractivity contribution in [3.8, 4) is 12.3 Å². The van der Waals surface area contributed by atoms with Crippen molar-refractivity contribution in [3.63, 3.8) is 0 Å². The maximum absolute atomic E-state index is 13.0. The van der Waals surface area contributed by atoms with Gasteiger partial charge in [0.1, 0.15) is 0 Å². The molecule has 0 aromatic carbocycles. The number of carbonyl (C=O) groups excluding carboxylic acids is 1. The van der Waals surface area contributed by atoms with Crippen LogP contribution in [0.15, 0.2) is 0 Å². The molecule has 1 amide bonds. The van der Waals surface area contributed by atoms with Crippen molar-refractivity contribution in [3.05, 3.63) is 11.4 Å². The van der Waals surface area contributed by atoms with Gasteiger partial charge in [0.25, 0.3) is 0 Å². The van der Waals surface area contributed by atoms with E-state index < -0.39 is 0 Å². The predicted molar refractivity (Wildman–Crippen MR) is 99.6 cm³/mol. The molecule has 0 saturated carbocycles. The first kappa shape index (κ1) is 17.5.